The lowest BCUT2D eigenvalue weighted by molar-refractivity contribution is 0.512. The summed E-state index contributed by atoms with van der Waals surface area (Å²) in [7, 11) is -1.67. The molecule has 1 unspecified atom stereocenters. The minimum Gasteiger partial charge on any atom is -0.544 e. The van der Waals surface area contributed by atoms with E-state index < -0.39 is 8.32 Å². The van der Waals surface area contributed by atoms with Gasteiger partial charge in [-0.2, -0.15) is 0 Å². The van der Waals surface area contributed by atoms with Gasteiger partial charge in [-0.3, -0.25) is 0 Å². The normalized spacial score (nSPS) is 13.8. The minimum absolute atomic E-state index is 0.0813. The Labute approximate surface area is 129 Å². The molecule has 0 fully saturated rings. The fraction of sp³-hybridized carbons (Fsp3) is 0.211. The first-order chi connectivity index (χ1) is 9.96. The predicted molar refractivity (Wildman–Crippen MR) is 93.4 cm³/mol. The Morgan fingerprint density at radius 1 is 0.952 bits per heavy atom. The molecule has 2 aromatic rings. The maximum Gasteiger partial charge on any atom is 0.242 e. The summed E-state index contributed by atoms with van der Waals surface area (Å²) in [6.45, 7) is 10.9. The molecule has 1 atom stereocenters. The average Bonchev–Trinajstić information content (AvgIpc) is 2.47. The average molecular weight is 295 g/mol. The van der Waals surface area contributed by atoms with Crippen LogP contribution < -0.4 is 0 Å². The maximum absolute atomic E-state index is 6.28. The highest BCUT2D eigenvalue weighted by atomic mass is 28.4. The van der Waals surface area contributed by atoms with Crippen molar-refractivity contribution in [2.45, 2.75) is 25.6 Å². The molecule has 0 saturated carbocycles. The summed E-state index contributed by atoms with van der Waals surface area (Å²) >= 11 is 0. The lowest BCUT2D eigenvalue weighted by atomic mass is 9.99. The van der Waals surface area contributed by atoms with E-state index in [2.05, 4.69) is 56.9 Å². The Kier molecular flexibility index (Phi) is 5.02. The van der Waals surface area contributed by atoms with Gasteiger partial charge in [-0.25, -0.2) is 0 Å². The smallest absolute Gasteiger partial charge is 0.242 e. The molecule has 0 saturated heterocycles. The van der Waals surface area contributed by atoms with E-state index in [-0.39, 0.29) is 5.92 Å². The molecule has 0 spiro atoms. The van der Waals surface area contributed by atoms with Gasteiger partial charge in [-0.1, -0.05) is 60.7 Å². The Morgan fingerprint density at radius 3 is 2.00 bits per heavy atom. The molecule has 2 aromatic carbocycles. The van der Waals surface area contributed by atoms with Gasteiger partial charge in [0.1, 0.15) is 5.76 Å². The van der Waals surface area contributed by atoms with E-state index in [4.69, 9.17) is 4.43 Å². The summed E-state index contributed by atoms with van der Waals surface area (Å²) in [6.07, 6.45) is 2.13. The Morgan fingerprint density at radius 2 is 1.48 bits per heavy atom. The highest BCUT2D eigenvalue weighted by Gasteiger charge is 2.19. The van der Waals surface area contributed by atoms with Crippen LogP contribution in [-0.4, -0.2) is 8.32 Å². The zero-order valence-electron chi connectivity index (χ0n) is 13.0. The van der Waals surface area contributed by atoms with E-state index in [9.17, 15) is 0 Å². The van der Waals surface area contributed by atoms with Gasteiger partial charge in [-0.05, 0) is 38.2 Å². The molecule has 0 amide bonds. The van der Waals surface area contributed by atoms with Crippen molar-refractivity contribution in [3.8, 4) is 0 Å². The van der Waals surface area contributed by atoms with Crippen molar-refractivity contribution < 1.29 is 4.43 Å². The van der Waals surface area contributed by atoms with Crippen LogP contribution >= 0.6 is 0 Å². The first kappa shape index (κ1) is 15.6. The largest absolute Gasteiger partial charge is 0.544 e. The maximum atomic E-state index is 6.28. The summed E-state index contributed by atoms with van der Waals surface area (Å²) in [6, 6.07) is 20.6. The molecular weight excluding hydrogens is 272 g/mol. The number of allylic oxidation sites excluding steroid dienone is 1. The SMILES string of the molecule is [CH2]C(/C=C(\O[Si](C)(C)C)c1ccccc1)c1ccccc1. The van der Waals surface area contributed by atoms with Crippen LogP contribution in [0, 0.1) is 6.92 Å². The van der Waals surface area contributed by atoms with Crippen LogP contribution in [0.3, 0.4) is 0 Å². The fourth-order valence-corrected chi connectivity index (χ4v) is 2.95. The van der Waals surface area contributed by atoms with E-state index in [1.165, 1.54) is 5.56 Å². The van der Waals surface area contributed by atoms with E-state index in [0.717, 1.165) is 11.3 Å². The van der Waals surface area contributed by atoms with Crippen molar-refractivity contribution in [2.24, 2.45) is 0 Å². The summed E-state index contributed by atoms with van der Waals surface area (Å²) < 4.78 is 6.28. The topological polar surface area (TPSA) is 9.23 Å². The van der Waals surface area contributed by atoms with Crippen molar-refractivity contribution in [3.63, 3.8) is 0 Å². The summed E-state index contributed by atoms with van der Waals surface area (Å²) in [5.74, 6) is 1.02. The van der Waals surface area contributed by atoms with Crippen molar-refractivity contribution in [1.82, 2.24) is 0 Å². The third-order valence-electron chi connectivity index (χ3n) is 3.05. The lowest BCUT2D eigenvalue weighted by Gasteiger charge is -2.23. The Balaban J connectivity index is 2.33. The Bertz CT molecular complexity index is 582. The molecule has 2 heteroatoms. The molecule has 0 aliphatic carbocycles. The molecule has 0 bridgehead atoms. The zero-order chi connectivity index (χ0) is 15.3. The van der Waals surface area contributed by atoms with Crippen molar-refractivity contribution in [1.29, 1.82) is 0 Å². The molecular formula is C19H23OSi. The molecule has 0 N–H and O–H groups in total. The van der Waals surface area contributed by atoms with Crippen LogP contribution in [-0.2, 0) is 4.43 Å². The number of rotatable bonds is 5. The van der Waals surface area contributed by atoms with Gasteiger partial charge in [0.05, 0.1) is 0 Å². The van der Waals surface area contributed by atoms with Crippen LogP contribution in [0.15, 0.2) is 66.7 Å². The van der Waals surface area contributed by atoms with E-state index in [0.29, 0.717) is 0 Å². The molecule has 21 heavy (non-hydrogen) atoms. The van der Waals surface area contributed by atoms with Gasteiger partial charge in [0.15, 0.2) is 0 Å². The van der Waals surface area contributed by atoms with E-state index in [1.54, 1.807) is 0 Å². The minimum atomic E-state index is -1.67. The van der Waals surface area contributed by atoms with Crippen LogP contribution in [0.4, 0.5) is 0 Å². The molecule has 2 rings (SSSR count). The predicted octanol–water partition coefficient (Wildman–Crippen LogP) is 5.50. The third-order valence-corrected chi connectivity index (χ3v) is 3.89. The molecule has 0 heterocycles. The molecule has 109 valence electrons. The number of hydrogen-bond acceptors (Lipinski definition) is 1. The second-order valence-corrected chi connectivity index (χ2v) is 10.6. The van der Waals surface area contributed by atoms with Crippen LogP contribution in [0.2, 0.25) is 19.6 Å². The molecule has 0 aromatic heterocycles. The van der Waals surface area contributed by atoms with Crippen molar-refractivity contribution in [3.05, 3.63) is 84.8 Å². The van der Waals surface area contributed by atoms with Crippen LogP contribution in [0.1, 0.15) is 17.0 Å². The number of hydrogen-bond donors (Lipinski definition) is 0. The second-order valence-electron chi connectivity index (χ2n) is 6.13. The summed E-state index contributed by atoms with van der Waals surface area (Å²) in [5, 5.41) is 0. The zero-order valence-corrected chi connectivity index (χ0v) is 14.0. The highest BCUT2D eigenvalue weighted by molar-refractivity contribution is 6.70. The third kappa shape index (κ3) is 4.90. The lowest BCUT2D eigenvalue weighted by Crippen LogP contribution is -2.24. The molecule has 1 nitrogen and oxygen atoms in total. The van der Waals surface area contributed by atoms with E-state index in [1.807, 2.05) is 36.4 Å². The Hall–Kier alpha value is -1.80. The summed E-state index contributed by atoms with van der Waals surface area (Å²) in [4.78, 5) is 0. The second kappa shape index (κ2) is 6.77. The van der Waals surface area contributed by atoms with Gasteiger partial charge >= 0.3 is 0 Å². The highest BCUT2D eigenvalue weighted by Crippen LogP contribution is 2.26. The fourth-order valence-electron chi connectivity index (χ4n) is 2.10. The molecule has 1 radical (unpaired) electrons. The molecule has 0 aliphatic heterocycles. The van der Waals surface area contributed by atoms with Gasteiger partial charge in [0, 0.05) is 11.5 Å². The van der Waals surface area contributed by atoms with Crippen molar-refractivity contribution in [2.75, 3.05) is 0 Å². The first-order valence-corrected chi connectivity index (χ1v) is 10.7. The van der Waals surface area contributed by atoms with Gasteiger partial charge < -0.3 is 4.43 Å². The number of benzene rings is 2. The molecule has 0 aliphatic rings. The van der Waals surface area contributed by atoms with Crippen molar-refractivity contribution >= 4 is 14.1 Å². The summed E-state index contributed by atoms with van der Waals surface area (Å²) in [5.41, 5.74) is 2.31. The standard InChI is InChI=1S/C19H23OSi/c1-16(17-11-7-5-8-12-17)15-19(20-21(2,3)4)18-13-9-6-10-14-18/h5-16H,1H2,2-4H3/b19-15-. The van der Waals surface area contributed by atoms with Gasteiger partial charge in [-0.15, -0.1) is 0 Å². The van der Waals surface area contributed by atoms with Crippen LogP contribution in [0.25, 0.3) is 5.76 Å². The quantitative estimate of drug-likeness (QED) is 0.523. The first-order valence-electron chi connectivity index (χ1n) is 7.30. The van der Waals surface area contributed by atoms with Gasteiger partial charge in [0.2, 0.25) is 8.32 Å². The monoisotopic (exact) mass is 295 g/mol. The van der Waals surface area contributed by atoms with E-state index >= 15 is 0 Å². The van der Waals surface area contributed by atoms with Gasteiger partial charge in [0.25, 0.3) is 0 Å². The van der Waals surface area contributed by atoms with Crippen LogP contribution in [0.5, 0.6) is 0 Å².